The van der Waals surface area contributed by atoms with Crippen LogP contribution in [0.1, 0.15) is 162 Å². The van der Waals surface area contributed by atoms with Gasteiger partial charge in [-0.15, -0.1) is 0 Å². The molecule has 450 valence electrons. The number of aliphatic hydroxyl groups excluding tert-OH is 8. The molecule has 23 atom stereocenters. The molecular formula is C60H90INO18. The molecule has 0 radical (unpaired) electrons. The fourth-order valence-corrected chi connectivity index (χ4v) is 16.8. The first-order valence-corrected chi connectivity index (χ1v) is 30.5. The monoisotopic (exact) mass is 1240 g/mol. The van der Waals surface area contributed by atoms with E-state index in [-0.39, 0.29) is 58.2 Å². The maximum atomic E-state index is 15.6. The van der Waals surface area contributed by atoms with Crippen LogP contribution in [0.4, 0.5) is 0 Å². The molecule has 20 heteroatoms. The fraction of sp³-hybridized carbons (Fsp3) is 0.817. The summed E-state index contributed by atoms with van der Waals surface area (Å²) < 4.78 is 37.7. The van der Waals surface area contributed by atoms with Crippen LogP contribution in [0, 0.1) is 48.4 Å². The number of rotatable bonds is 16. The number of halogens is 1. The van der Waals surface area contributed by atoms with E-state index < -0.39 is 122 Å². The summed E-state index contributed by atoms with van der Waals surface area (Å²) in [4.78, 5) is 42.0. The molecule has 0 bridgehead atoms. The highest BCUT2D eigenvalue weighted by Crippen LogP contribution is 2.75. The molecule has 3 aliphatic heterocycles. The predicted octanol–water partition coefficient (Wildman–Crippen LogP) is 4.48. The van der Waals surface area contributed by atoms with E-state index in [1.807, 2.05) is 24.3 Å². The van der Waals surface area contributed by atoms with Crippen LogP contribution in [0.3, 0.4) is 0 Å². The van der Waals surface area contributed by atoms with Crippen LogP contribution in [0.15, 0.2) is 35.9 Å². The minimum absolute atomic E-state index is 0.0416. The van der Waals surface area contributed by atoms with Gasteiger partial charge in [-0.25, -0.2) is 0 Å². The zero-order chi connectivity index (χ0) is 58.1. The summed E-state index contributed by atoms with van der Waals surface area (Å²) in [6.45, 7) is 13.7. The summed E-state index contributed by atoms with van der Waals surface area (Å²) in [6, 6.07) is 6.07. The molecule has 9 rings (SSSR count). The Labute approximate surface area is 484 Å². The Morgan fingerprint density at radius 3 is 2.09 bits per heavy atom. The van der Waals surface area contributed by atoms with E-state index in [9.17, 15) is 55.5 Å². The molecule has 5 aliphatic carbocycles. The van der Waals surface area contributed by atoms with E-state index in [1.54, 1.807) is 6.92 Å². The number of esters is 1. The number of carbonyl (C=O) groups is 3. The van der Waals surface area contributed by atoms with Crippen LogP contribution in [0.5, 0.6) is 0 Å². The van der Waals surface area contributed by atoms with Crippen LogP contribution in [0.2, 0.25) is 0 Å². The number of hydrogen-bond donors (Lipinski definition) is 10. The Morgan fingerprint density at radius 1 is 0.725 bits per heavy atom. The highest BCUT2D eigenvalue weighted by molar-refractivity contribution is 14.1. The average Bonchev–Trinajstić information content (AvgIpc) is 2.48. The Morgan fingerprint density at radius 2 is 1.39 bits per heavy atom. The molecular weight excluding hydrogens is 1150 g/mol. The third kappa shape index (κ3) is 11.4. The van der Waals surface area contributed by atoms with Crippen molar-refractivity contribution >= 4 is 40.3 Å². The predicted molar refractivity (Wildman–Crippen MR) is 297 cm³/mol. The van der Waals surface area contributed by atoms with E-state index in [2.05, 4.69) is 68.6 Å². The quantitative estimate of drug-likeness (QED) is 0.0359. The van der Waals surface area contributed by atoms with Crippen molar-refractivity contribution < 1.29 is 88.8 Å². The van der Waals surface area contributed by atoms with Crippen molar-refractivity contribution in [3.05, 3.63) is 45.0 Å². The Hall–Kier alpha value is -2.26. The van der Waals surface area contributed by atoms with Gasteiger partial charge in [0.15, 0.2) is 24.5 Å². The van der Waals surface area contributed by atoms with Crippen molar-refractivity contribution in [1.82, 2.24) is 5.32 Å². The highest BCUT2D eigenvalue weighted by Gasteiger charge is 2.70. The zero-order valence-electron chi connectivity index (χ0n) is 47.6. The second-order valence-corrected chi connectivity index (χ2v) is 28.1. The summed E-state index contributed by atoms with van der Waals surface area (Å²) >= 11 is 2.19. The lowest BCUT2D eigenvalue weighted by atomic mass is 9.34. The minimum atomic E-state index is -1.91. The van der Waals surface area contributed by atoms with Gasteiger partial charge in [-0.1, -0.05) is 71.2 Å². The SMILES string of the molecule is C[C@H]1O[C@@H](OC2C(O)C(NC(=O)CCCCCCC(=O)c3ccc(I)cc3)[C@H](CO)O[C@H]2OC(=O)C23CCC(C)(C)CC2C2=CCC4C5(C)CC[C@H](O)[C@](C)(O)[C@@H]5CC[C@]4(C)[C@]2(C)CC3)C(O)C(O)C1O[C@@H]1OCC(O)C(O)C1O. The van der Waals surface area contributed by atoms with Gasteiger partial charge >= 0.3 is 5.97 Å². The lowest BCUT2D eigenvalue weighted by Gasteiger charge is -2.70. The largest absolute Gasteiger partial charge is 0.432 e. The number of nitrogens with one attached hydrogen (secondary N) is 1. The molecule has 3 heterocycles. The third-order valence-corrected chi connectivity index (χ3v) is 22.3. The second-order valence-electron chi connectivity index (χ2n) is 26.9. The number of unbranched alkanes of at least 4 members (excludes halogenated alkanes) is 3. The zero-order valence-corrected chi connectivity index (χ0v) is 49.7. The van der Waals surface area contributed by atoms with Crippen molar-refractivity contribution in [2.24, 2.45) is 44.8 Å². The molecule has 4 saturated carbocycles. The van der Waals surface area contributed by atoms with Gasteiger partial charge in [0.05, 0.1) is 42.5 Å². The summed E-state index contributed by atoms with van der Waals surface area (Å²) in [5.74, 6) is -1.09. The van der Waals surface area contributed by atoms with E-state index in [0.29, 0.717) is 69.8 Å². The minimum Gasteiger partial charge on any atom is -0.432 e. The highest BCUT2D eigenvalue weighted by atomic mass is 127. The number of carbonyl (C=O) groups excluding carboxylic acids is 3. The van der Waals surface area contributed by atoms with Crippen molar-refractivity contribution in [2.75, 3.05) is 13.2 Å². The third-order valence-electron chi connectivity index (χ3n) is 21.6. The van der Waals surface area contributed by atoms with Crippen LogP contribution in [-0.2, 0) is 38.0 Å². The number of ether oxygens (including phenoxy) is 6. The first-order valence-electron chi connectivity index (χ1n) is 29.5. The Bertz CT molecular complexity index is 2410. The van der Waals surface area contributed by atoms with Crippen molar-refractivity contribution in [3.63, 3.8) is 0 Å². The van der Waals surface area contributed by atoms with Crippen LogP contribution >= 0.6 is 22.6 Å². The van der Waals surface area contributed by atoms with Gasteiger partial charge in [-0.3, -0.25) is 14.4 Å². The number of allylic oxidation sites excluding steroid dienone is 2. The molecule has 1 aromatic rings. The van der Waals surface area contributed by atoms with Gasteiger partial charge in [0, 0.05) is 22.0 Å². The summed E-state index contributed by atoms with van der Waals surface area (Å²) in [5.41, 5.74) is -1.23. The van der Waals surface area contributed by atoms with Crippen molar-refractivity contribution in [1.29, 1.82) is 0 Å². The molecule has 0 aromatic heterocycles. The van der Waals surface area contributed by atoms with Gasteiger partial charge < -0.3 is 79.7 Å². The number of Topliss-reactive ketones (excluding diaryl/α,β-unsaturated/α-hetero) is 1. The average molecular weight is 1240 g/mol. The van der Waals surface area contributed by atoms with Gasteiger partial charge in [0.2, 0.25) is 12.2 Å². The van der Waals surface area contributed by atoms with E-state index in [1.165, 1.54) is 12.5 Å². The Kier molecular flexibility index (Phi) is 18.6. The lowest BCUT2D eigenvalue weighted by molar-refractivity contribution is -0.369. The van der Waals surface area contributed by atoms with Gasteiger partial charge in [-0.2, -0.15) is 0 Å². The molecule has 10 N–H and O–H groups in total. The molecule has 7 fully saturated rings. The van der Waals surface area contributed by atoms with Crippen LogP contribution < -0.4 is 5.32 Å². The number of fused-ring (bicyclic) bond motifs is 7. The van der Waals surface area contributed by atoms with E-state index in [4.69, 9.17) is 28.4 Å². The van der Waals surface area contributed by atoms with Gasteiger partial charge in [-0.05, 0) is 165 Å². The molecule has 13 unspecified atom stereocenters. The molecule has 1 amide bonds. The number of benzene rings is 1. The Balaban J connectivity index is 0.946. The van der Waals surface area contributed by atoms with Gasteiger partial charge in [0.25, 0.3) is 0 Å². The first-order chi connectivity index (χ1) is 37.6. The number of aliphatic hydroxyl groups is 9. The van der Waals surface area contributed by atoms with Crippen LogP contribution in [-0.4, -0.2) is 174 Å². The molecule has 1 aromatic carbocycles. The van der Waals surface area contributed by atoms with Crippen molar-refractivity contribution in [2.45, 2.75) is 249 Å². The molecule has 8 aliphatic rings. The molecule has 3 saturated heterocycles. The van der Waals surface area contributed by atoms with E-state index in [0.717, 1.165) is 35.7 Å². The summed E-state index contributed by atoms with van der Waals surface area (Å²) in [7, 11) is 0. The smallest absolute Gasteiger partial charge is 0.315 e. The fourth-order valence-electron chi connectivity index (χ4n) is 16.5. The molecule has 80 heavy (non-hydrogen) atoms. The number of hydrogen-bond acceptors (Lipinski definition) is 18. The number of amides is 1. The normalized spacial score (nSPS) is 46.1. The topological polar surface area (TPSA) is 301 Å². The maximum Gasteiger partial charge on any atom is 0.315 e. The molecule has 0 spiro atoms. The van der Waals surface area contributed by atoms with Crippen molar-refractivity contribution in [3.8, 4) is 0 Å². The summed E-state index contributed by atoms with van der Waals surface area (Å²) in [5, 5.41) is 103. The second kappa shape index (κ2) is 23.9. The summed E-state index contributed by atoms with van der Waals surface area (Å²) in [6.07, 6.45) is -9.39. The lowest BCUT2D eigenvalue weighted by Crippen LogP contribution is -2.68. The van der Waals surface area contributed by atoms with Gasteiger partial charge in [0.1, 0.15) is 48.8 Å². The van der Waals surface area contributed by atoms with E-state index >= 15 is 4.79 Å². The van der Waals surface area contributed by atoms with Crippen LogP contribution in [0.25, 0.3) is 0 Å². The standard InChI is InChI=1S/C60H90INO18/c1-31-49(78-51-47(71)44(68)37(65)30-75-51)46(70)48(72)52(76-31)79-50-45(69)43(62-42(67)13-11-9-8-10-12-36(64)32-14-16-33(61)17-15-32)38(29-63)77-53(50)80-54(73)60-26-24-55(2,3)28-35(60)34-18-19-39-56(4)22-21-41(66)59(7,74)40(56)20-23-58(39,6)57(34,5)25-27-60/h14-18,31,35,37-41,43-53,63,65-66,68-72,74H,8-13,19-30H2,1-7H3,(H,62,67)/t31-,35?,37?,38+,39?,40-,41+,43?,44?,45?,46?,47?,48?,49?,50?,51+,52+,53+,56?,57-,58+,59-,60?/m1/s1. The molecule has 19 nitrogen and oxygen atoms in total. The number of ketones is 1. The maximum absolute atomic E-state index is 15.6. The first kappa shape index (κ1) is 62.3.